The van der Waals surface area contributed by atoms with E-state index in [4.69, 9.17) is 0 Å². The number of hydrogen-bond acceptors (Lipinski definition) is 2. The van der Waals surface area contributed by atoms with E-state index < -0.39 is 0 Å². The Morgan fingerprint density at radius 3 is 2.69 bits per heavy atom. The molecule has 0 saturated heterocycles. The number of benzene rings is 1. The van der Waals surface area contributed by atoms with Crippen molar-refractivity contribution in [3.63, 3.8) is 0 Å². The maximum atomic E-state index is 11.4. The highest BCUT2D eigenvalue weighted by Crippen LogP contribution is 2.19. The Labute approximate surface area is 95.6 Å². The van der Waals surface area contributed by atoms with Crippen LogP contribution in [-0.2, 0) is 4.79 Å². The molecule has 1 aliphatic heterocycles. The van der Waals surface area contributed by atoms with Crippen molar-refractivity contribution in [3.8, 4) is 0 Å². The first-order valence-corrected chi connectivity index (χ1v) is 5.48. The van der Waals surface area contributed by atoms with Crippen LogP contribution < -0.4 is 10.6 Å². The maximum Gasteiger partial charge on any atom is 0.246 e. The van der Waals surface area contributed by atoms with Gasteiger partial charge in [-0.15, -0.1) is 0 Å². The molecule has 1 aromatic carbocycles. The number of carbonyl (C=O) groups is 1. The van der Waals surface area contributed by atoms with Crippen LogP contribution in [0.5, 0.6) is 0 Å². The average Bonchev–Trinajstić information content (AvgIpc) is 2.47. The van der Waals surface area contributed by atoms with E-state index in [1.807, 2.05) is 12.1 Å². The first-order valence-electron chi connectivity index (χ1n) is 5.48. The molecule has 0 bridgehead atoms. The van der Waals surface area contributed by atoms with Crippen molar-refractivity contribution in [1.82, 2.24) is 10.6 Å². The van der Waals surface area contributed by atoms with Crippen LogP contribution in [-0.4, -0.2) is 19.0 Å². The zero-order valence-electron chi connectivity index (χ0n) is 9.63. The number of hydrogen-bond donors (Lipinski definition) is 2. The summed E-state index contributed by atoms with van der Waals surface area (Å²) in [6, 6.07) is 6.14. The Bertz CT molecular complexity index is 449. The minimum Gasteiger partial charge on any atom is -0.383 e. The minimum atomic E-state index is -0.0269. The van der Waals surface area contributed by atoms with Gasteiger partial charge in [-0.3, -0.25) is 4.79 Å². The lowest BCUT2D eigenvalue weighted by atomic mass is 10.0. The lowest BCUT2D eigenvalue weighted by Gasteiger charge is -2.12. The molecule has 0 unspecified atom stereocenters. The van der Waals surface area contributed by atoms with Crippen molar-refractivity contribution < 1.29 is 4.79 Å². The van der Waals surface area contributed by atoms with Crippen LogP contribution >= 0.6 is 0 Å². The van der Waals surface area contributed by atoms with Gasteiger partial charge in [-0.2, -0.15) is 0 Å². The predicted molar refractivity (Wildman–Crippen MR) is 64.9 cm³/mol. The van der Waals surface area contributed by atoms with Gasteiger partial charge in [0, 0.05) is 30.4 Å². The largest absolute Gasteiger partial charge is 0.383 e. The van der Waals surface area contributed by atoms with Crippen LogP contribution in [0.25, 0.3) is 5.70 Å². The van der Waals surface area contributed by atoms with E-state index in [0.29, 0.717) is 6.54 Å². The van der Waals surface area contributed by atoms with Gasteiger partial charge in [-0.05, 0) is 25.0 Å². The SMILES string of the molecule is Cc1cccc(C2=CC(=O)NCCN2)c1C. The first-order chi connectivity index (χ1) is 7.68. The van der Waals surface area contributed by atoms with Crippen molar-refractivity contribution in [2.24, 2.45) is 0 Å². The zero-order valence-corrected chi connectivity index (χ0v) is 9.63. The third-order valence-electron chi connectivity index (χ3n) is 2.91. The Kier molecular flexibility index (Phi) is 2.95. The molecule has 2 N–H and O–H groups in total. The lowest BCUT2D eigenvalue weighted by Crippen LogP contribution is -2.25. The van der Waals surface area contributed by atoms with E-state index in [1.54, 1.807) is 6.08 Å². The molecule has 0 aromatic heterocycles. The summed E-state index contributed by atoms with van der Waals surface area (Å²) in [4.78, 5) is 11.4. The van der Waals surface area contributed by atoms with Crippen molar-refractivity contribution >= 4 is 11.6 Å². The predicted octanol–water partition coefficient (Wildman–Crippen LogP) is 1.36. The quantitative estimate of drug-likeness (QED) is 0.744. The topological polar surface area (TPSA) is 41.1 Å². The molecule has 0 radical (unpaired) electrons. The summed E-state index contributed by atoms with van der Waals surface area (Å²) in [7, 11) is 0. The fourth-order valence-electron chi connectivity index (χ4n) is 1.83. The number of aryl methyl sites for hydroxylation is 1. The second-order valence-electron chi connectivity index (χ2n) is 4.02. The Morgan fingerprint density at radius 1 is 1.12 bits per heavy atom. The smallest absolute Gasteiger partial charge is 0.246 e. The van der Waals surface area contributed by atoms with Gasteiger partial charge in [-0.1, -0.05) is 18.2 Å². The fourth-order valence-corrected chi connectivity index (χ4v) is 1.83. The van der Waals surface area contributed by atoms with Crippen LogP contribution in [0.4, 0.5) is 0 Å². The molecule has 1 heterocycles. The molecule has 0 aliphatic carbocycles. The zero-order chi connectivity index (χ0) is 11.5. The van der Waals surface area contributed by atoms with Crippen molar-refractivity contribution in [3.05, 3.63) is 41.0 Å². The summed E-state index contributed by atoms with van der Waals surface area (Å²) in [6.45, 7) is 5.60. The average molecular weight is 216 g/mol. The van der Waals surface area contributed by atoms with E-state index in [-0.39, 0.29) is 5.91 Å². The van der Waals surface area contributed by atoms with E-state index in [1.165, 1.54) is 11.1 Å². The molecule has 3 heteroatoms. The van der Waals surface area contributed by atoms with E-state index >= 15 is 0 Å². The molecule has 1 amide bonds. The first kappa shape index (κ1) is 10.7. The van der Waals surface area contributed by atoms with Gasteiger partial charge in [0.05, 0.1) is 0 Å². The summed E-state index contributed by atoms with van der Waals surface area (Å²) >= 11 is 0. The van der Waals surface area contributed by atoms with Gasteiger partial charge in [0.25, 0.3) is 0 Å². The van der Waals surface area contributed by atoms with Crippen molar-refractivity contribution in [2.75, 3.05) is 13.1 Å². The molecule has 0 saturated carbocycles. The van der Waals surface area contributed by atoms with Gasteiger partial charge >= 0.3 is 0 Å². The van der Waals surface area contributed by atoms with Crippen molar-refractivity contribution in [2.45, 2.75) is 13.8 Å². The van der Waals surface area contributed by atoms with Crippen LogP contribution in [0.15, 0.2) is 24.3 Å². The second-order valence-corrected chi connectivity index (χ2v) is 4.02. The lowest BCUT2D eigenvalue weighted by molar-refractivity contribution is -0.116. The highest BCUT2D eigenvalue weighted by Gasteiger charge is 2.11. The highest BCUT2D eigenvalue weighted by atomic mass is 16.1. The third-order valence-corrected chi connectivity index (χ3v) is 2.91. The molecular weight excluding hydrogens is 200 g/mol. The third kappa shape index (κ3) is 2.08. The van der Waals surface area contributed by atoms with E-state index in [2.05, 4.69) is 30.5 Å². The number of nitrogens with one attached hydrogen (secondary N) is 2. The summed E-state index contributed by atoms with van der Waals surface area (Å²) < 4.78 is 0. The van der Waals surface area contributed by atoms with Gasteiger partial charge in [-0.25, -0.2) is 0 Å². The van der Waals surface area contributed by atoms with Gasteiger partial charge in [0.1, 0.15) is 0 Å². The molecule has 84 valence electrons. The summed E-state index contributed by atoms with van der Waals surface area (Å²) in [5, 5.41) is 6.07. The van der Waals surface area contributed by atoms with E-state index in [0.717, 1.165) is 17.8 Å². The van der Waals surface area contributed by atoms with Crippen LogP contribution in [0.1, 0.15) is 16.7 Å². The summed E-state index contributed by atoms with van der Waals surface area (Å²) in [6.07, 6.45) is 1.63. The van der Waals surface area contributed by atoms with Crippen LogP contribution in [0, 0.1) is 13.8 Å². The van der Waals surface area contributed by atoms with Crippen LogP contribution in [0.3, 0.4) is 0 Å². The summed E-state index contributed by atoms with van der Waals surface area (Å²) in [5.41, 5.74) is 4.48. The Hall–Kier alpha value is -1.77. The molecule has 0 atom stereocenters. The molecule has 1 aliphatic rings. The fraction of sp³-hybridized carbons (Fsp3) is 0.308. The molecule has 16 heavy (non-hydrogen) atoms. The van der Waals surface area contributed by atoms with Gasteiger partial charge in [0.2, 0.25) is 5.91 Å². The summed E-state index contributed by atoms with van der Waals surface area (Å²) in [5.74, 6) is -0.0269. The number of amides is 1. The number of rotatable bonds is 1. The Balaban J connectivity index is 2.42. The monoisotopic (exact) mass is 216 g/mol. The molecule has 3 nitrogen and oxygen atoms in total. The van der Waals surface area contributed by atoms with Gasteiger partial charge in [0.15, 0.2) is 0 Å². The van der Waals surface area contributed by atoms with Gasteiger partial charge < -0.3 is 10.6 Å². The number of carbonyl (C=O) groups excluding carboxylic acids is 1. The second kappa shape index (κ2) is 4.39. The molecule has 1 aromatic rings. The van der Waals surface area contributed by atoms with Crippen LogP contribution in [0.2, 0.25) is 0 Å². The molecule has 0 fully saturated rings. The normalized spacial score (nSPS) is 15.9. The molecule has 0 spiro atoms. The van der Waals surface area contributed by atoms with E-state index in [9.17, 15) is 4.79 Å². The molecular formula is C13H16N2O. The molecule has 2 rings (SSSR count). The minimum absolute atomic E-state index is 0.0269. The highest BCUT2D eigenvalue weighted by molar-refractivity contribution is 5.95. The Morgan fingerprint density at radius 2 is 1.88 bits per heavy atom. The maximum absolute atomic E-state index is 11.4. The standard InChI is InChI=1S/C13H16N2O/c1-9-4-3-5-11(10(9)2)12-8-13(16)15-7-6-14-12/h3-5,8,14H,6-7H2,1-2H3,(H,15,16). The van der Waals surface area contributed by atoms with Crippen molar-refractivity contribution in [1.29, 1.82) is 0 Å².